The standard InChI is InChI=1S/C12H12N4/c1-9(8-13)16-6-5-15-12(16)10-3-2-4-11(14)7-10/h2-7,9H,14H2,1H3. The van der Waals surface area contributed by atoms with Crippen molar-refractivity contribution in [1.29, 1.82) is 5.26 Å². The fraction of sp³-hybridized carbons (Fsp3) is 0.167. The van der Waals surface area contributed by atoms with Gasteiger partial charge < -0.3 is 10.3 Å². The first-order valence-corrected chi connectivity index (χ1v) is 5.00. The molecule has 80 valence electrons. The van der Waals surface area contributed by atoms with Crippen LogP contribution in [0, 0.1) is 11.3 Å². The molecule has 1 unspecified atom stereocenters. The van der Waals surface area contributed by atoms with E-state index in [0.29, 0.717) is 5.69 Å². The third-order valence-corrected chi connectivity index (χ3v) is 2.42. The summed E-state index contributed by atoms with van der Waals surface area (Å²) < 4.78 is 1.83. The number of nitrogens with two attached hydrogens (primary N) is 1. The Balaban J connectivity index is 2.49. The van der Waals surface area contributed by atoms with Gasteiger partial charge in [-0.25, -0.2) is 4.98 Å². The highest BCUT2D eigenvalue weighted by atomic mass is 15.1. The van der Waals surface area contributed by atoms with Crippen molar-refractivity contribution in [3.8, 4) is 17.5 Å². The molecule has 4 nitrogen and oxygen atoms in total. The maximum Gasteiger partial charge on any atom is 0.141 e. The first-order valence-electron chi connectivity index (χ1n) is 5.00. The van der Waals surface area contributed by atoms with E-state index in [2.05, 4.69) is 11.1 Å². The molecule has 0 aliphatic rings. The summed E-state index contributed by atoms with van der Waals surface area (Å²) in [5.41, 5.74) is 7.34. The van der Waals surface area contributed by atoms with Crippen LogP contribution in [-0.2, 0) is 0 Å². The van der Waals surface area contributed by atoms with Crippen LogP contribution in [0.3, 0.4) is 0 Å². The first kappa shape index (κ1) is 10.2. The summed E-state index contributed by atoms with van der Waals surface area (Å²) in [5, 5.41) is 8.91. The monoisotopic (exact) mass is 212 g/mol. The van der Waals surface area contributed by atoms with Gasteiger partial charge in [-0.2, -0.15) is 5.26 Å². The largest absolute Gasteiger partial charge is 0.399 e. The van der Waals surface area contributed by atoms with Gasteiger partial charge in [0, 0.05) is 23.6 Å². The Morgan fingerprint density at radius 3 is 3.00 bits per heavy atom. The normalized spacial score (nSPS) is 12.0. The van der Waals surface area contributed by atoms with Gasteiger partial charge in [-0.05, 0) is 19.1 Å². The molecule has 2 rings (SSSR count). The van der Waals surface area contributed by atoms with Gasteiger partial charge in [0.1, 0.15) is 11.9 Å². The van der Waals surface area contributed by atoms with Crippen LogP contribution >= 0.6 is 0 Å². The van der Waals surface area contributed by atoms with Gasteiger partial charge in [-0.15, -0.1) is 0 Å². The number of aromatic nitrogens is 2. The van der Waals surface area contributed by atoms with E-state index in [4.69, 9.17) is 11.0 Å². The lowest BCUT2D eigenvalue weighted by molar-refractivity contribution is 0.680. The second-order valence-electron chi connectivity index (χ2n) is 3.59. The average molecular weight is 212 g/mol. The molecular formula is C12H12N4. The number of rotatable bonds is 2. The van der Waals surface area contributed by atoms with Gasteiger partial charge in [0.05, 0.1) is 6.07 Å². The van der Waals surface area contributed by atoms with Crippen molar-refractivity contribution in [2.24, 2.45) is 0 Å². The topological polar surface area (TPSA) is 67.6 Å². The van der Waals surface area contributed by atoms with Gasteiger partial charge in [0.25, 0.3) is 0 Å². The summed E-state index contributed by atoms with van der Waals surface area (Å²) in [5.74, 6) is 0.765. The molecule has 1 heterocycles. The number of imidazole rings is 1. The van der Waals surface area contributed by atoms with E-state index in [-0.39, 0.29) is 6.04 Å². The molecule has 0 saturated carbocycles. The van der Waals surface area contributed by atoms with Crippen molar-refractivity contribution < 1.29 is 0 Å². The summed E-state index contributed by atoms with van der Waals surface area (Å²) in [6, 6.07) is 9.43. The van der Waals surface area contributed by atoms with Crippen molar-refractivity contribution in [1.82, 2.24) is 9.55 Å². The molecule has 0 fully saturated rings. The highest BCUT2D eigenvalue weighted by Crippen LogP contribution is 2.22. The number of benzene rings is 1. The molecule has 0 spiro atoms. The van der Waals surface area contributed by atoms with Gasteiger partial charge in [-0.3, -0.25) is 0 Å². The second-order valence-corrected chi connectivity index (χ2v) is 3.59. The lowest BCUT2D eigenvalue weighted by atomic mass is 10.2. The van der Waals surface area contributed by atoms with Crippen molar-refractivity contribution in [3.05, 3.63) is 36.7 Å². The minimum atomic E-state index is -0.237. The minimum Gasteiger partial charge on any atom is -0.399 e. The van der Waals surface area contributed by atoms with Crippen LogP contribution in [-0.4, -0.2) is 9.55 Å². The summed E-state index contributed by atoms with van der Waals surface area (Å²) in [7, 11) is 0. The zero-order valence-electron chi connectivity index (χ0n) is 8.96. The van der Waals surface area contributed by atoms with E-state index < -0.39 is 0 Å². The number of anilines is 1. The number of hydrogen-bond acceptors (Lipinski definition) is 3. The molecule has 2 N–H and O–H groups in total. The van der Waals surface area contributed by atoms with Crippen LogP contribution in [0.2, 0.25) is 0 Å². The Morgan fingerprint density at radius 2 is 2.31 bits per heavy atom. The number of nitrogen functional groups attached to an aromatic ring is 1. The van der Waals surface area contributed by atoms with Gasteiger partial charge >= 0.3 is 0 Å². The van der Waals surface area contributed by atoms with Crippen LogP contribution < -0.4 is 5.73 Å². The molecule has 2 aromatic rings. The smallest absolute Gasteiger partial charge is 0.141 e. The third kappa shape index (κ3) is 1.75. The van der Waals surface area contributed by atoms with Crippen molar-refractivity contribution >= 4 is 5.69 Å². The zero-order chi connectivity index (χ0) is 11.5. The van der Waals surface area contributed by atoms with Crippen LogP contribution in [0.15, 0.2) is 36.7 Å². The lowest BCUT2D eigenvalue weighted by Gasteiger charge is -2.09. The highest BCUT2D eigenvalue weighted by molar-refractivity contribution is 5.61. The highest BCUT2D eigenvalue weighted by Gasteiger charge is 2.10. The molecular weight excluding hydrogens is 200 g/mol. The average Bonchev–Trinajstić information content (AvgIpc) is 2.77. The van der Waals surface area contributed by atoms with Gasteiger partial charge in [0.2, 0.25) is 0 Å². The molecule has 1 aromatic heterocycles. The van der Waals surface area contributed by atoms with Crippen LogP contribution in [0.5, 0.6) is 0 Å². The Morgan fingerprint density at radius 1 is 1.50 bits per heavy atom. The fourth-order valence-electron chi connectivity index (χ4n) is 1.59. The Bertz CT molecular complexity index is 536. The van der Waals surface area contributed by atoms with Crippen LogP contribution in [0.1, 0.15) is 13.0 Å². The van der Waals surface area contributed by atoms with E-state index in [9.17, 15) is 0 Å². The van der Waals surface area contributed by atoms with E-state index in [0.717, 1.165) is 11.4 Å². The number of nitriles is 1. The van der Waals surface area contributed by atoms with Crippen LogP contribution in [0.25, 0.3) is 11.4 Å². The molecule has 0 aliphatic heterocycles. The lowest BCUT2D eigenvalue weighted by Crippen LogP contribution is -2.03. The molecule has 16 heavy (non-hydrogen) atoms. The van der Waals surface area contributed by atoms with E-state index in [1.54, 1.807) is 12.4 Å². The molecule has 1 aromatic carbocycles. The Hall–Kier alpha value is -2.28. The van der Waals surface area contributed by atoms with Crippen molar-refractivity contribution in [3.63, 3.8) is 0 Å². The Labute approximate surface area is 94.0 Å². The number of nitrogens with zero attached hydrogens (tertiary/aromatic N) is 3. The molecule has 0 bridgehead atoms. The van der Waals surface area contributed by atoms with E-state index in [1.807, 2.05) is 35.8 Å². The maximum atomic E-state index is 8.91. The predicted octanol–water partition coefficient (Wildman–Crippen LogP) is 2.22. The second kappa shape index (κ2) is 4.07. The third-order valence-electron chi connectivity index (χ3n) is 2.42. The SMILES string of the molecule is CC(C#N)n1ccnc1-c1cccc(N)c1. The van der Waals surface area contributed by atoms with Crippen molar-refractivity contribution in [2.45, 2.75) is 13.0 Å². The van der Waals surface area contributed by atoms with Gasteiger partial charge in [0.15, 0.2) is 0 Å². The van der Waals surface area contributed by atoms with E-state index >= 15 is 0 Å². The molecule has 1 atom stereocenters. The maximum absolute atomic E-state index is 8.91. The Kier molecular flexibility index (Phi) is 2.61. The molecule has 0 radical (unpaired) electrons. The zero-order valence-corrected chi connectivity index (χ0v) is 8.96. The van der Waals surface area contributed by atoms with Crippen LogP contribution in [0.4, 0.5) is 5.69 Å². The minimum absolute atomic E-state index is 0.237. The quantitative estimate of drug-likeness (QED) is 0.776. The predicted molar refractivity (Wildman–Crippen MR) is 62.4 cm³/mol. The summed E-state index contributed by atoms with van der Waals surface area (Å²) in [6.07, 6.45) is 3.48. The fourth-order valence-corrected chi connectivity index (χ4v) is 1.59. The van der Waals surface area contributed by atoms with Crippen molar-refractivity contribution in [2.75, 3.05) is 5.73 Å². The molecule has 4 heteroatoms. The molecule has 0 aliphatic carbocycles. The summed E-state index contributed by atoms with van der Waals surface area (Å²) in [4.78, 5) is 4.25. The van der Waals surface area contributed by atoms with Gasteiger partial charge in [-0.1, -0.05) is 12.1 Å². The molecule has 0 saturated heterocycles. The summed E-state index contributed by atoms with van der Waals surface area (Å²) in [6.45, 7) is 1.83. The first-order chi connectivity index (χ1) is 7.72. The van der Waals surface area contributed by atoms with E-state index in [1.165, 1.54) is 0 Å². The number of hydrogen-bond donors (Lipinski definition) is 1. The molecule has 0 amide bonds. The summed E-state index contributed by atoms with van der Waals surface area (Å²) >= 11 is 0.